The predicted molar refractivity (Wildman–Crippen MR) is 110 cm³/mol. The van der Waals surface area contributed by atoms with E-state index in [-0.39, 0.29) is 23.0 Å². The average molecular weight is 402 g/mol. The smallest absolute Gasteiger partial charge is 0.318 e. The maximum Gasteiger partial charge on any atom is 0.318 e. The van der Waals surface area contributed by atoms with Gasteiger partial charge in [0.25, 0.3) is 0 Å². The second-order valence-corrected chi connectivity index (χ2v) is 9.41. The topological polar surface area (TPSA) is 69.7 Å². The van der Waals surface area contributed by atoms with Gasteiger partial charge < -0.3 is 15.1 Å². The Morgan fingerprint density at radius 2 is 1.71 bits per heavy atom. The van der Waals surface area contributed by atoms with Crippen molar-refractivity contribution in [1.29, 1.82) is 0 Å². The minimum absolute atomic E-state index is 0.000222. The summed E-state index contributed by atoms with van der Waals surface area (Å²) in [6, 6.07) is 16.4. The molecule has 7 heteroatoms. The van der Waals surface area contributed by atoms with Crippen molar-refractivity contribution in [2.75, 3.05) is 32.9 Å². The number of likely N-dealkylation sites (N-methyl/N-ethyl adjacent to an activating group) is 1. The number of nitrogens with one attached hydrogen (secondary N) is 1. The van der Waals surface area contributed by atoms with Gasteiger partial charge in [-0.1, -0.05) is 42.5 Å². The summed E-state index contributed by atoms with van der Waals surface area (Å²) in [6.07, 6.45) is 1.18. The normalized spacial score (nSPS) is 19.2. The van der Waals surface area contributed by atoms with Crippen LogP contribution in [0.25, 0.3) is 0 Å². The van der Waals surface area contributed by atoms with Crippen LogP contribution in [-0.4, -0.2) is 57.2 Å². The number of urea groups is 1. The Bertz CT molecular complexity index is 914. The number of piperazine rings is 1. The number of sulfone groups is 1. The lowest BCUT2D eigenvalue weighted by Gasteiger charge is -2.40. The number of amides is 2. The molecule has 150 valence electrons. The standard InChI is InChI=1S/C21H27N3O3S/c1-16(17-9-11-19(12-10-17)28(3,26)27)22-21(25)24-14-13-23(2)15-20(24)18-7-5-4-6-8-18/h4-12,16,20H,13-15H2,1-3H3,(H,22,25). The van der Waals surface area contributed by atoms with Gasteiger partial charge in [-0.15, -0.1) is 0 Å². The monoisotopic (exact) mass is 401 g/mol. The van der Waals surface area contributed by atoms with Crippen molar-refractivity contribution in [2.24, 2.45) is 0 Å². The maximum absolute atomic E-state index is 13.0. The number of hydrogen-bond acceptors (Lipinski definition) is 4. The largest absolute Gasteiger partial charge is 0.331 e. The Morgan fingerprint density at radius 1 is 1.07 bits per heavy atom. The minimum Gasteiger partial charge on any atom is -0.331 e. The zero-order valence-electron chi connectivity index (χ0n) is 16.5. The van der Waals surface area contributed by atoms with Crippen LogP contribution in [0.15, 0.2) is 59.5 Å². The highest BCUT2D eigenvalue weighted by Gasteiger charge is 2.30. The molecule has 0 radical (unpaired) electrons. The first kappa shape index (κ1) is 20.4. The van der Waals surface area contributed by atoms with E-state index in [1.165, 1.54) is 6.26 Å². The van der Waals surface area contributed by atoms with Crippen LogP contribution < -0.4 is 5.32 Å². The Hall–Kier alpha value is -2.38. The van der Waals surface area contributed by atoms with Crippen LogP contribution in [0.2, 0.25) is 0 Å². The third kappa shape index (κ3) is 4.72. The highest BCUT2D eigenvalue weighted by molar-refractivity contribution is 7.90. The van der Waals surface area contributed by atoms with Gasteiger partial charge in [-0.25, -0.2) is 13.2 Å². The molecule has 2 aromatic rings. The van der Waals surface area contributed by atoms with Gasteiger partial charge >= 0.3 is 6.03 Å². The van der Waals surface area contributed by atoms with Gasteiger partial charge in [0.05, 0.1) is 17.0 Å². The second-order valence-electron chi connectivity index (χ2n) is 7.39. The van der Waals surface area contributed by atoms with Crippen molar-refractivity contribution in [3.63, 3.8) is 0 Å². The minimum atomic E-state index is -3.23. The van der Waals surface area contributed by atoms with E-state index in [1.54, 1.807) is 24.3 Å². The number of carbonyl (C=O) groups excluding carboxylic acids is 1. The summed E-state index contributed by atoms with van der Waals surface area (Å²) in [6.45, 7) is 4.17. The van der Waals surface area contributed by atoms with Crippen LogP contribution >= 0.6 is 0 Å². The molecule has 1 aliphatic rings. The lowest BCUT2D eigenvalue weighted by atomic mass is 10.0. The molecule has 1 heterocycles. The molecule has 0 spiro atoms. The van der Waals surface area contributed by atoms with Gasteiger partial charge in [-0.3, -0.25) is 0 Å². The SMILES string of the molecule is CC(NC(=O)N1CCN(C)CC1c1ccccc1)c1ccc(S(C)(=O)=O)cc1. The van der Waals surface area contributed by atoms with Crippen molar-refractivity contribution in [1.82, 2.24) is 15.1 Å². The fourth-order valence-electron chi connectivity index (χ4n) is 3.48. The summed E-state index contributed by atoms with van der Waals surface area (Å²) in [5, 5.41) is 3.06. The van der Waals surface area contributed by atoms with Crippen LogP contribution in [0.5, 0.6) is 0 Å². The molecular weight excluding hydrogens is 374 g/mol. The quantitative estimate of drug-likeness (QED) is 0.855. The van der Waals surface area contributed by atoms with Crippen molar-refractivity contribution < 1.29 is 13.2 Å². The van der Waals surface area contributed by atoms with Crippen molar-refractivity contribution in [3.05, 3.63) is 65.7 Å². The molecule has 3 rings (SSSR count). The van der Waals surface area contributed by atoms with E-state index in [9.17, 15) is 13.2 Å². The Morgan fingerprint density at radius 3 is 2.32 bits per heavy atom. The maximum atomic E-state index is 13.0. The van der Waals surface area contributed by atoms with Crippen molar-refractivity contribution in [2.45, 2.75) is 23.9 Å². The molecule has 0 aromatic heterocycles. The summed E-state index contributed by atoms with van der Waals surface area (Å²) < 4.78 is 23.2. The van der Waals surface area contributed by atoms with E-state index in [4.69, 9.17) is 0 Å². The first-order valence-electron chi connectivity index (χ1n) is 9.36. The highest BCUT2D eigenvalue weighted by Crippen LogP contribution is 2.25. The van der Waals surface area contributed by atoms with Gasteiger partial charge in [0.1, 0.15) is 0 Å². The molecule has 28 heavy (non-hydrogen) atoms. The molecule has 2 atom stereocenters. The van der Waals surface area contributed by atoms with Gasteiger partial charge in [0.15, 0.2) is 9.84 Å². The number of carbonyl (C=O) groups is 1. The number of nitrogens with zero attached hydrogens (tertiary/aromatic N) is 2. The number of hydrogen-bond donors (Lipinski definition) is 1. The van der Waals surface area contributed by atoms with E-state index < -0.39 is 9.84 Å². The molecule has 1 saturated heterocycles. The van der Waals surface area contributed by atoms with Crippen LogP contribution in [-0.2, 0) is 9.84 Å². The molecular formula is C21H27N3O3S. The fraction of sp³-hybridized carbons (Fsp3) is 0.381. The Balaban J connectivity index is 1.73. The molecule has 2 aromatic carbocycles. The molecule has 1 fully saturated rings. The number of rotatable bonds is 4. The molecule has 2 amide bonds. The summed E-state index contributed by atoms with van der Waals surface area (Å²) in [5.41, 5.74) is 1.99. The van der Waals surface area contributed by atoms with Crippen LogP contribution in [0.4, 0.5) is 4.79 Å². The molecule has 1 aliphatic heterocycles. The zero-order valence-corrected chi connectivity index (χ0v) is 17.3. The van der Waals surface area contributed by atoms with Crippen LogP contribution in [0.3, 0.4) is 0 Å². The van der Waals surface area contributed by atoms with E-state index in [1.807, 2.05) is 30.0 Å². The summed E-state index contributed by atoms with van der Waals surface area (Å²) in [4.78, 5) is 17.4. The molecule has 0 saturated carbocycles. The summed E-state index contributed by atoms with van der Waals surface area (Å²) in [5.74, 6) is 0. The molecule has 0 bridgehead atoms. The summed E-state index contributed by atoms with van der Waals surface area (Å²) in [7, 11) is -1.16. The third-order valence-corrected chi connectivity index (χ3v) is 6.31. The van der Waals surface area contributed by atoms with Gasteiger partial charge in [0, 0.05) is 25.9 Å². The lowest BCUT2D eigenvalue weighted by molar-refractivity contribution is 0.107. The third-order valence-electron chi connectivity index (χ3n) is 5.18. The second kappa shape index (κ2) is 8.32. The van der Waals surface area contributed by atoms with E-state index in [0.717, 1.165) is 24.2 Å². The Kier molecular flexibility index (Phi) is 6.05. The molecule has 0 aliphatic carbocycles. The van der Waals surface area contributed by atoms with E-state index in [2.05, 4.69) is 29.4 Å². The van der Waals surface area contributed by atoms with Crippen LogP contribution in [0, 0.1) is 0 Å². The van der Waals surface area contributed by atoms with Crippen LogP contribution in [0.1, 0.15) is 30.1 Å². The molecule has 6 nitrogen and oxygen atoms in total. The summed E-state index contributed by atoms with van der Waals surface area (Å²) >= 11 is 0. The highest BCUT2D eigenvalue weighted by atomic mass is 32.2. The van der Waals surface area contributed by atoms with Gasteiger partial charge in [-0.2, -0.15) is 0 Å². The number of benzene rings is 2. The zero-order chi connectivity index (χ0) is 20.3. The molecule has 2 unspecified atom stereocenters. The van der Waals surface area contributed by atoms with E-state index >= 15 is 0 Å². The molecule has 1 N–H and O–H groups in total. The lowest BCUT2D eigenvalue weighted by Crippen LogP contribution is -2.52. The predicted octanol–water partition coefficient (Wildman–Crippen LogP) is 2.85. The average Bonchev–Trinajstić information content (AvgIpc) is 2.68. The van der Waals surface area contributed by atoms with Gasteiger partial charge in [0.2, 0.25) is 0 Å². The Labute approximate surface area is 167 Å². The van der Waals surface area contributed by atoms with E-state index in [0.29, 0.717) is 6.54 Å². The van der Waals surface area contributed by atoms with Crippen molar-refractivity contribution >= 4 is 15.9 Å². The fourth-order valence-corrected chi connectivity index (χ4v) is 4.11. The first-order valence-corrected chi connectivity index (χ1v) is 11.3. The first-order chi connectivity index (χ1) is 13.3. The van der Waals surface area contributed by atoms with Crippen molar-refractivity contribution in [3.8, 4) is 0 Å². The van der Waals surface area contributed by atoms with Gasteiger partial charge in [-0.05, 0) is 37.2 Å².